The minimum absolute atomic E-state index is 0.0360. The van der Waals surface area contributed by atoms with Crippen LogP contribution in [0.25, 0.3) is 0 Å². The summed E-state index contributed by atoms with van der Waals surface area (Å²) in [6, 6.07) is 12.0. The van der Waals surface area contributed by atoms with E-state index in [1.807, 2.05) is 18.2 Å². The van der Waals surface area contributed by atoms with Crippen molar-refractivity contribution >= 4 is 38.7 Å². The molecule has 1 amide bonds. The minimum Gasteiger partial charge on any atom is -0.495 e. The molecule has 156 valence electrons. The second-order valence-corrected chi connectivity index (χ2v) is 9.33. The Bertz CT molecular complexity index is 982. The number of carbonyl (C=O) groups is 1. The molecular weight excluding hydrogens is 416 g/mol. The smallest absolute Gasteiger partial charge is 0.246 e. The average Bonchev–Trinajstić information content (AvgIpc) is 3.06. The zero-order valence-corrected chi connectivity index (χ0v) is 17.8. The molecule has 0 spiro atoms. The third-order valence-corrected chi connectivity index (χ3v) is 6.83. The number of rotatable bonds is 7. The van der Waals surface area contributed by atoms with Crippen molar-refractivity contribution in [3.63, 3.8) is 0 Å². The number of hydrogen-bond donors (Lipinski definition) is 1. The largest absolute Gasteiger partial charge is 0.495 e. The molecule has 1 fully saturated rings. The van der Waals surface area contributed by atoms with Crippen molar-refractivity contribution in [2.24, 2.45) is 0 Å². The fourth-order valence-electron chi connectivity index (χ4n) is 3.38. The molecule has 0 saturated carbocycles. The lowest BCUT2D eigenvalue weighted by Gasteiger charge is -2.29. The zero-order chi connectivity index (χ0) is 21.0. The SMILES string of the molecule is COc1cc(NCC(=O)N(c2ccccc2)[C@H]2CCS(=O)(=O)C2)c(OC)cc1Cl. The van der Waals surface area contributed by atoms with Crippen LogP contribution in [0.3, 0.4) is 0 Å². The number of hydrogen-bond acceptors (Lipinski definition) is 6. The molecule has 1 N–H and O–H groups in total. The highest BCUT2D eigenvalue weighted by Crippen LogP contribution is 2.36. The van der Waals surface area contributed by atoms with E-state index < -0.39 is 15.9 Å². The van der Waals surface area contributed by atoms with Gasteiger partial charge in [0.05, 0.1) is 49.0 Å². The lowest BCUT2D eigenvalue weighted by molar-refractivity contribution is -0.117. The van der Waals surface area contributed by atoms with Crippen LogP contribution in [-0.2, 0) is 14.6 Å². The van der Waals surface area contributed by atoms with E-state index in [0.717, 1.165) is 0 Å². The zero-order valence-electron chi connectivity index (χ0n) is 16.2. The average molecular weight is 439 g/mol. The van der Waals surface area contributed by atoms with Crippen molar-refractivity contribution in [1.82, 2.24) is 0 Å². The fourth-order valence-corrected chi connectivity index (χ4v) is 5.31. The molecule has 2 aromatic carbocycles. The minimum atomic E-state index is -3.14. The molecule has 1 saturated heterocycles. The predicted molar refractivity (Wildman–Crippen MR) is 114 cm³/mol. The number of ether oxygens (including phenoxy) is 2. The monoisotopic (exact) mass is 438 g/mol. The Morgan fingerprint density at radius 2 is 1.86 bits per heavy atom. The second-order valence-electron chi connectivity index (χ2n) is 6.70. The first-order valence-electron chi connectivity index (χ1n) is 9.07. The van der Waals surface area contributed by atoms with Gasteiger partial charge in [-0.3, -0.25) is 4.79 Å². The van der Waals surface area contributed by atoms with E-state index in [4.69, 9.17) is 21.1 Å². The van der Waals surface area contributed by atoms with Crippen LogP contribution in [0.2, 0.25) is 5.02 Å². The van der Waals surface area contributed by atoms with Gasteiger partial charge in [0, 0.05) is 17.8 Å². The standard InChI is InChI=1S/C20H23ClN2O5S/c1-27-18-11-17(19(28-2)10-16(18)21)22-12-20(24)23(14-6-4-3-5-7-14)15-8-9-29(25,26)13-15/h3-7,10-11,15,22H,8-9,12-13H2,1-2H3/t15-/m0/s1. The van der Waals surface area contributed by atoms with Crippen LogP contribution in [0.4, 0.5) is 11.4 Å². The molecule has 3 rings (SSSR count). The molecule has 9 heteroatoms. The molecule has 0 aliphatic carbocycles. The Morgan fingerprint density at radius 3 is 2.45 bits per heavy atom. The summed E-state index contributed by atoms with van der Waals surface area (Å²) in [6.07, 6.45) is 0.418. The number of halogens is 1. The summed E-state index contributed by atoms with van der Waals surface area (Å²) in [5.74, 6) is 0.729. The third kappa shape index (κ3) is 4.94. The first-order valence-corrected chi connectivity index (χ1v) is 11.3. The van der Waals surface area contributed by atoms with Crippen LogP contribution >= 0.6 is 11.6 Å². The van der Waals surface area contributed by atoms with E-state index in [1.54, 1.807) is 29.2 Å². The van der Waals surface area contributed by atoms with Crippen molar-refractivity contribution < 1.29 is 22.7 Å². The number of methoxy groups -OCH3 is 2. The Morgan fingerprint density at radius 1 is 1.17 bits per heavy atom. The highest BCUT2D eigenvalue weighted by atomic mass is 35.5. The molecule has 0 bridgehead atoms. The van der Waals surface area contributed by atoms with Gasteiger partial charge in [-0.05, 0) is 18.6 Å². The summed E-state index contributed by atoms with van der Waals surface area (Å²) in [5, 5.41) is 3.45. The molecule has 7 nitrogen and oxygen atoms in total. The first kappa shape index (κ1) is 21.3. The van der Waals surface area contributed by atoms with Gasteiger partial charge < -0.3 is 19.7 Å². The maximum absolute atomic E-state index is 13.1. The molecular formula is C20H23ClN2O5S. The van der Waals surface area contributed by atoms with Crippen LogP contribution in [0, 0.1) is 0 Å². The van der Waals surface area contributed by atoms with Crippen molar-refractivity contribution in [3.8, 4) is 11.5 Å². The Kier molecular flexibility index (Phi) is 6.54. The molecule has 2 aromatic rings. The van der Waals surface area contributed by atoms with Crippen molar-refractivity contribution in [3.05, 3.63) is 47.5 Å². The second kappa shape index (κ2) is 8.92. The number of anilines is 2. The molecule has 1 heterocycles. The third-order valence-electron chi connectivity index (χ3n) is 4.78. The van der Waals surface area contributed by atoms with E-state index in [1.165, 1.54) is 14.2 Å². The van der Waals surface area contributed by atoms with Gasteiger partial charge in [-0.1, -0.05) is 29.8 Å². The van der Waals surface area contributed by atoms with Gasteiger partial charge in [0.2, 0.25) is 5.91 Å². The normalized spacial score (nSPS) is 17.6. The summed E-state index contributed by atoms with van der Waals surface area (Å²) in [5.41, 5.74) is 1.22. The Labute approximate surface area is 175 Å². The van der Waals surface area contributed by atoms with E-state index in [2.05, 4.69) is 5.32 Å². The Balaban J connectivity index is 1.83. The summed E-state index contributed by atoms with van der Waals surface area (Å²) >= 11 is 6.12. The highest BCUT2D eigenvalue weighted by Gasteiger charge is 2.35. The van der Waals surface area contributed by atoms with Crippen molar-refractivity contribution in [1.29, 1.82) is 0 Å². The number of nitrogens with one attached hydrogen (secondary N) is 1. The van der Waals surface area contributed by atoms with Crippen molar-refractivity contribution in [2.45, 2.75) is 12.5 Å². The molecule has 0 aromatic heterocycles. The number of benzene rings is 2. The summed E-state index contributed by atoms with van der Waals surface area (Å²) in [4.78, 5) is 14.7. The van der Waals surface area contributed by atoms with Gasteiger partial charge >= 0.3 is 0 Å². The summed E-state index contributed by atoms with van der Waals surface area (Å²) in [6.45, 7) is -0.0490. The van der Waals surface area contributed by atoms with Gasteiger partial charge in [0.15, 0.2) is 9.84 Å². The fraction of sp³-hybridized carbons (Fsp3) is 0.350. The van der Waals surface area contributed by atoms with E-state index >= 15 is 0 Å². The quantitative estimate of drug-likeness (QED) is 0.715. The topological polar surface area (TPSA) is 84.9 Å². The van der Waals surface area contributed by atoms with Gasteiger partial charge in [0.1, 0.15) is 11.5 Å². The summed E-state index contributed by atoms with van der Waals surface area (Å²) in [7, 11) is -0.134. The molecule has 1 aliphatic rings. The van der Waals surface area contributed by atoms with Gasteiger partial charge in [-0.25, -0.2) is 8.42 Å². The number of sulfone groups is 1. The molecule has 1 atom stereocenters. The maximum atomic E-state index is 13.1. The predicted octanol–water partition coefficient (Wildman–Crippen LogP) is 2.99. The first-order chi connectivity index (χ1) is 13.8. The number of para-hydroxylation sites is 1. The van der Waals surface area contributed by atoms with E-state index in [-0.39, 0.29) is 24.0 Å². The number of carbonyl (C=O) groups excluding carboxylic acids is 1. The van der Waals surface area contributed by atoms with Crippen LogP contribution in [0.1, 0.15) is 6.42 Å². The van der Waals surface area contributed by atoms with E-state index in [0.29, 0.717) is 34.3 Å². The van der Waals surface area contributed by atoms with Crippen LogP contribution in [0.15, 0.2) is 42.5 Å². The number of amides is 1. The maximum Gasteiger partial charge on any atom is 0.246 e. The number of nitrogens with zero attached hydrogens (tertiary/aromatic N) is 1. The summed E-state index contributed by atoms with van der Waals surface area (Å²) < 4.78 is 34.5. The van der Waals surface area contributed by atoms with Crippen LogP contribution < -0.4 is 19.7 Å². The van der Waals surface area contributed by atoms with E-state index in [9.17, 15) is 13.2 Å². The highest BCUT2D eigenvalue weighted by molar-refractivity contribution is 7.91. The van der Waals surface area contributed by atoms with Gasteiger partial charge in [-0.2, -0.15) is 0 Å². The van der Waals surface area contributed by atoms with Gasteiger partial charge in [-0.15, -0.1) is 0 Å². The van der Waals surface area contributed by atoms with Crippen LogP contribution in [0.5, 0.6) is 11.5 Å². The molecule has 1 aliphatic heterocycles. The lowest BCUT2D eigenvalue weighted by atomic mass is 10.1. The Hall–Kier alpha value is -2.45. The lowest BCUT2D eigenvalue weighted by Crippen LogP contribution is -2.44. The molecule has 0 radical (unpaired) electrons. The van der Waals surface area contributed by atoms with Crippen molar-refractivity contribution in [2.75, 3.05) is 42.5 Å². The molecule has 0 unspecified atom stereocenters. The van der Waals surface area contributed by atoms with Crippen LogP contribution in [-0.4, -0.2) is 52.6 Å². The van der Waals surface area contributed by atoms with Gasteiger partial charge in [0.25, 0.3) is 0 Å². The molecule has 29 heavy (non-hydrogen) atoms.